The Morgan fingerprint density at radius 1 is 1.14 bits per heavy atom. The van der Waals surface area contributed by atoms with E-state index in [9.17, 15) is 14.4 Å². The van der Waals surface area contributed by atoms with Crippen LogP contribution in [0.2, 0.25) is 5.02 Å². The van der Waals surface area contributed by atoms with Crippen LogP contribution in [0.3, 0.4) is 0 Å². The molecule has 2 aromatic carbocycles. The Balaban J connectivity index is 1.52. The summed E-state index contributed by atoms with van der Waals surface area (Å²) in [5.74, 6) is -0.503. The van der Waals surface area contributed by atoms with Crippen LogP contribution in [0.1, 0.15) is 36.9 Å². The summed E-state index contributed by atoms with van der Waals surface area (Å²) < 4.78 is 0. The van der Waals surface area contributed by atoms with Crippen LogP contribution in [-0.2, 0) is 16.1 Å². The van der Waals surface area contributed by atoms with E-state index in [0.29, 0.717) is 11.6 Å². The van der Waals surface area contributed by atoms with Gasteiger partial charge in [0.25, 0.3) is 5.91 Å². The maximum atomic E-state index is 12.7. The fraction of sp³-hybridized carbons (Fsp3) is 0.286. The van der Waals surface area contributed by atoms with Crippen molar-refractivity contribution in [2.75, 3.05) is 0 Å². The van der Waals surface area contributed by atoms with Crippen LogP contribution < -0.4 is 10.6 Å². The molecule has 3 rings (SSSR count). The van der Waals surface area contributed by atoms with Gasteiger partial charge in [-0.1, -0.05) is 60.1 Å². The van der Waals surface area contributed by atoms with E-state index in [2.05, 4.69) is 10.6 Å². The van der Waals surface area contributed by atoms with Gasteiger partial charge in [0.15, 0.2) is 0 Å². The minimum atomic E-state index is -0.690. The molecule has 0 saturated carbocycles. The Kier molecular flexibility index (Phi) is 6.31. The van der Waals surface area contributed by atoms with Crippen LogP contribution in [0.25, 0.3) is 0 Å². The van der Waals surface area contributed by atoms with E-state index >= 15 is 0 Å². The van der Waals surface area contributed by atoms with E-state index in [0.717, 1.165) is 11.1 Å². The molecule has 6 nitrogen and oxygen atoms in total. The monoisotopic (exact) mass is 399 g/mol. The Morgan fingerprint density at radius 2 is 1.82 bits per heavy atom. The van der Waals surface area contributed by atoms with Crippen molar-refractivity contribution >= 4 is 29.4 Å². The van der Waals surface area contributed by atoms with E-state index < -0.39 is 12.1 Å². The number of halogens is 1. The second kappa shape index (κ2) is 8.89. The number of amides is 4. The Labute approximate surface area is 168 Å². The number of rotatable bonds is 7. The number of nitrogens with zero attached hydrogens (tertiary/aromatic N) is 1. The average Bonchev–Trinajstić information content (AvgIpc) is 2.99. The average molecular weight is 400 g/mol. The zero-order valence-corrected chi connectivity index (χ0v) is 16.3. The Morgan fingerprint density at radius 3 is 2.54 bits per heavy atom. The minimum absolute atomic E-state index is 0.134. The molecule has 1 fully saturated rings. The summed E-state index contributed by atoms with van der Waals surface area (Å²) in [5, 5.41) is 6.06. The van der Waals surface area contributed by atoms with Gasteiger partial charge in [0.1, 0.15) is 6.04 Å². The highest BCUT2D eigenvalue weighted by atomic mass is 35.5. The van der Waals surface area contributed by atoms with Gasteiger partial charge in [0.05, 0.1) is 6.04 Å². The number of imide groups is 1. The summed E-state index contributed by atoms with van der Waals surface area (Å²) in [6.07, 6.45) is 0.381. The van der Waals surface area contributed by atoms with Crippen molar-refractivity contribution in [3.8, 4) is 0 Å². The highest BCUT2D eigenvalue weighted by Crippen LogP contribution is 2.25. The molecule has 0 spiro atoms. The lowest BCUT2D eigenvalue weighted by Gasteiger charge is -2.21. The van der Waals surface area contributed by atoms with Crippen LogP contribution in [0.4, 0.5) is 4.79 Å². The third-order valence-electron chi connectivity index (χ3n) is 4.82. The first-order chi connectivity index (χ1) is 13.5. The van der Waals surface area contributed by atoms with E-state index in [-0.39, 0.29) is 30.7 Å². The standard InChI is InChI=1S/C21H22ClN3O3/c1-14(15-7-3-2-4-8-15)25-20(27)18(24-21(25)28)11-12-19(26)23-13-16-9-5-6-10-17(16)22/h2-10,14,18H,11-13H2,1H3,(H,23,26)(H,24,28)/t14-,18-/m1/s1. The lowest BCUT2D eigenvalue weighted by molar-refractivity contribution is -0.129. The number of nitrogens with one attached hydrogen (secondary N) is 2. The van der Waals surface area contributed by atoms with Gasteiger partial charge in [-0.25, -0.2) is 4.79 Å². The number of hydrogen-bond acceptors (Lipinski definition) is 3. The zero-order chi connectivity index (χ0) is 20.1. The van der Waals surface area contributed by atoms with Gasteiger partial charge in [-0.3, -0.25) is 14.5 Å². The molecule has 28 heavy (non-hydrogen) atoms. The van der Waals surface area contributed by atoms with Gasteiger partial charge in [-0.15, -0.1) is 0 Å². The van der Waals surface area contributed by atoms with Crippen molar-refractivity contribution in [1.82, 2.24) is 15.5 Å². The maximum absolute atomic E-state index is 12.7. The van der Waals surface area contributed by atoms with Crippen LogP contribution in [-0.4, -0.2) is 28.8 Å². The fourth-order valence-corrected chi connectivity index (χ4v) is 3.39. The molecule has 146 valence electrons. The maximum Gasteiger partial charge on any atom is 0.325 e. The molecule has 0 aromatic heterocycles. The molecule has 1 aliphatic rings. The summed E-state index contributed by atoms with van der Waals surface area (Å²) in [6, 6.07) is 15.2. The molecule has 0 radical (unpaired) electrons. The summed E-state index contributed by atoms with van der Waals surface area (Å²) in [4.78, 5) is 38.3. The lowest BCUT2D eigenvalue weighted by atomic mass is 10.1. The smallest absolute Gasteiger partial charge is 0.325 e. The molecule has 0 bridgehead atoms. The largest absolute Gasteiger partial charge is 0.352 e. The molecular formula is C21H22ClN3O3. The third-order valence-corrected chi connectivity index (χ3v) is 5.18. The fourth-order valence-electron chi connectivity index (χ4n) is 3.19. The predicted octanol–water partition coefficient (Wildman–Crippen LogP) is 3.42. The number of urea groups is 1. The molecule has 2 atom stereocenters. The third kappa shape index (κ3) is 4.51. The molecule has 0 aliphatic carbocycles. The molecule has 1 aliphatic heterocycles. The van der Waals surface area contributed by atoms with Crippen molar-refractivity contribution in [2.45, 2.75) is 38.4 Å². The first-order valence-corrected chi connectivity index (χ1v) is 9.54. The van der Waals surface area contributed by atoms with Crippen molar-refractivity contribution in [3.05, 3.63) is 70.7 Å². The van der Waals surface area contributed by atoms with Crippen LogP contribution in [0.15, 0.2) is 54.6 Å². The number of benzene rings is 2. The van der Waals surface area contributed by atoms with E-state index in [1.165, 1.54) is 4.90 Å². The van der Waals surface area contributed by atoms with Gasteiger partial charge in [-0.2, -0.15) is 0 Å². The predicted molar refractivity (Wildman–Crippen MR) is 107 cm³/mol. The van der Waals surface area contributed by atoms with Crippen LogP contribution in [0.5, 0.6) is 0 Å². The quantitative estimate of drug-likeness (QED) is 0.700. The Bertz CT molecular complexity index is 872. The number of carbonyl (C=O) groups is 3. The number of hydrogen-bond donors (Lipinski definition) is 2. The van der Waals surface area contributed by atoms with Crippen LogP contribution >= 0.6 is 11.6 Å². The summed E-state index contributed by atoms with van der Waals surface area (Å²) in [6.45, 7) is 2.13. The first kappa shape index (κ1) is 19.9. The topological polar surface area (TPSA) is 78.5 Å². The van der Waals surface area contributed by atoms with Crippen molar-refractivity contribution in [3.63, 3.8) is 0 Å². The van der Waals surface area contributed by atoms with Gasteiger partial charge < -0.3 is 10.6 Å². The highest BCUT2D eigenvalue weighted by molar-refractivity contribution is 6.31. The SMILES string of the molecule is C[C@H](c1ccccc1)N1C(=O)N[C@H](CCC(=O)NCc2ccccc2Cl)C1=O. The lowest BCUT2D eigenvalue weighted by Crippen LogP contribution is -2.34. The van der Waals surface area contributed by atoms with Gasteiger partial charge in [-0.05, 0) is 30.5 Å². The van der Waals surface area contributed by atoms with Crippen molar-refractivity contribution in [2.24, 2.45) is 0 Å². The zero-order valence-electron chi connectivity index (χ0n) is 15.5. The molecule has 2 aromatic rings. The molecule has 1 saturated heterocycles. The molecule has 0 unspecified atom stereocenters. The van der Waals surface area contributed by atoms with Crippen molar-refractivity contribution < 1.29 is 14.4 Å². The normalized spacial score (nSPS) is 17.4. The highest BCUT2D eigenvalue weighted by Gasteiger charge is 2.40. The second-order valence-corrected chi connectivity index (χ2v) is 7.11. The molecule has 7 heteroatoms. The van der Waals surface area contributed by atoms with Gasteiger partial charge in [0.2, 0.25) is 5.91 Å². The second-order valence-electron chi connectivity index (χ2n) is 6.70. The summed E-state index contributed by atoms with van der Waals surface area (Å²) >= 11 is 6.07. The van der Waals surface area contributed by atoms with Crippen molar-refractivity contribution in [1.29, 1.82) is 0 Å². The first-order valence-electron chi connectivity index (χ1n) is 9.16. The summed E-state index contributed by atoms with van der Waals surface area (Å²) in [7, 11) is 0. The van der Waals surface area contributed by atoms with Gasteiger partial charge in [0, 0.05) is 18.0 Å². The summed E-state index contributed by atoms with van der Waals surface area (Å²) in [5.41, 5.74) is 1.70. The van der Waals surface area contributed by atoms with Gasteiger partial charge >= 0.3 is 6.03 Å². The molecular weight excluding hydrogens is 378 g/mol. The molecule has 4 amide bonds. The van der Waals surface area contributed by atoms with E-state index in [4.69, 9.17) is 11.6 Å². The van der Waals surface area contributed by atoms with E-state index in [1.807, 2.05) is 55.5 Å². The minimum Gasteiger partial charge on any atom is -0.352 e. The van der Waals surface area contributed by atoms with E-state index in [1.54, 1.807) is 6.07 Å². The van der Waals surface area contributed by atoms with Crippen LogP contribution in [0, 0.1) is 0 Å². The Hall–Kier alpha value is -2.86. The molecule has 1 heterocycles. The molecule has 2 N–H and O–H groups in total. The number of carbonyl (C=O) groups excluding carboxylic acids is 3.